The number of ether oxygens (including phenoxy) is 1. The van der Waals surface area contributed by atoms with Gasteiger partial charge in [0.1, 0.15) is 24.2 Å². The van der Waals surface area contributed by atoms with Crippen LogP contribution in [-0.2, 0) is 32.6 Å². The molecule has 4 rings (SSSR count). The quantitative estimate of drug-likeness (QED) is 0.134. The molecule has 0 unspecified atom stereocenters. The minimum atomic E-state index is -4.34. The Hall–Kier alpha value is -4.41. The molecule has 0 aliphatic carbocycles. The highest BCUT2D eigenvalue weighted by Crippen LogP contribution is 2.33. The van der Waals surface area contributed by atoms with Gasteiger partial charge in [0.15, 0.2) is 0 Å². The van der Waals surface area contributed by atoms with E-state index in [9.17, 15) is 22.4 Å². The summed E-state index contributed by atoms with van der Waals surface area (Å²) in [5, 5.41) is 3.30. The van der Waals surface area contributed by atoms with Gasteiger partial charge in [0, 0.05) is 24.5 Å². The van der Waals surface area contributed by atoms with Crippen LogP contribution >= 0.6 is 11.6 Å². The molecular weight excluding hydrogens is 641 g/mol. The van der Waals surface area contributed by atoms with Crippen LogP contribution in [-0.4, -0.2) is 50.9 Å². The van der Waals surface area contributed by atoms with Gasteiger partial charge in [-0.15, -0.1) is 0 Å². The minimum Gasteiger partial charge on any atom is -0.492 e. The molecule has 8 nitrogen and oxygen atoms in total. The number of rotatable bonds is 16. The van der Waals surface area contributed by atoms with Crippen LogP contribution in [0.15, 0.2) is 108 Å². The molecular formula is C36H39ClFN3O5S. The summed E-state index contributed by atoms with van der Waals surface area (Å²) in [5.41, 5.74) is 1.54. The zero-order valence-corrected chi connectivity index (χ0v) is 28.0. The maximum Gasteiger partial charge on any atom is 0.264 e. The second kappa shape index (κ2) is 16.9. The number of sulfonamides is 1. The largest absolute Gasteiger partial charge is 0.492 e. The first-order valence-electron chi connectivity index (χ1n) is 15.5. The van der Waals surface area contributed by atoms with Crippen molar-refractivity contribution in [1.82, 2.24) is 10.2 Å². The average molecular weight is 680 g/mol. The van der Waals surface area contributed by atoms with Crippen molar-refractivity contribution in [1.29, 1.82) is 0 Å². The average Bonchev–Trinajstić information content (AvgIpc) is 3.07. The number of amides is 2. The number of benzene rings is 4. The van der Waals surface area contributed by atoms with E-state index in [-0.39, 0.29) is 41.8 Å². The summed E-state index contributed by atoms with van der Waals surface area (Å²) >= 11 is 6.06. The first kappa shape index (κ1) is 35.4. The van der Waals surface area contributed by atoms with E-state index in [1.54, 1.807) is 31.2 Å². The predicted octanol–water partition coefficient (Wildman–Crippen LogP) is 6.63. The molecule has 0 heterocycles. The zero-order valence-electron chi connectivity index (χ0n) is 26.4. The Balaban J connectivity index is 1.82. The van der Waals surface area contributed by atoms with Crippen molar-refractivity contribution in [2.24, 2.45) is 0 Å². The molecule has 1 N–H and O–H groups in total. The number of halogens is 2. The van der Waals surface area contributed by atoms with Crippen molar-refractivity contribution in [3.05, 3.63) is 125 Å². The van der Waals surface area contributed by atoms with E-state index in [0.717, 1.165) is 22.7 Å². The van der Waals surface area contributed by atoms with Gasteiger partial charge in [-0.1, -0.05) is 79.5 Å². The maximum absolute atomic E-state index is 14.6. The highest BCUT2D eigenvalue weighted by molar-refractivity contribution is 7.92. The van der Waals surface area contributed by atoms with Gasteiger partial charge < -0.3 is 15.0 Å². The third-order valence-electron chi connectivity index (χ3n) is 7.48. The lowest BCUT2D eigenvalue weighted by Gasteiger charge is -2.34. The van der Waals surface area contributed by atoms with Gasteiger partial charge in [-0.2, -0.15) is 0 Å². The number of anilines is 1. The maximum atomic E-state index is 14.6. The molecule has 4 aromatic carbocycles. The lowest BCUT2D eigenvalue weighted by molar-refractivity contribution is -0.140. The second-order valence-corrected chi connectivity index (χ2v) is 13.2. The minimum absolute atomic E-state index is 0.0697. The Morgan fingerprint density at radius 2 is 1.53 bits per heavy atom. The Morgan fingerprint density at radius 1 is 0.872 bits per heavy atom. The van der Waals surface area contributed by atoms with Crippen LogP contribution in [0.5, 0.6) is 5.75 Å². The fraction of sp³-hybridized carbons (Fsp3) is 0.278. The molecule has 0 aromatic heterocycles. The number of hydrogen-bond acceptors (Lipinski definition) is 5. The summed E-state index contributed by atoms with van der Waals surface area (Å²) in [5.74, 6) is -1.19. The summed E-state index contributed by atoms with van der Waals surface area (Å²) in [7, 11) is -4.34. The van der Waals surface area contributed by atoms with Gasteiger partial charge in [-0.3, -0.25) is 13.9 Å². The van der Waals surface area contributed by atoms with Crippen LogP contribution in [0.3, 0.4) is 0 Å². The van der Waals surface area contributed by atoms with Gasteiger partial charge in [-0.25, -0.2) is 12.8 Å². The van der Waals surface area contributed by atoms with E-state index >= 15 is 0 Å². The van der Waals surface area contributed by atoms with Crippen molar-refractivity contribution < 1.29 is 27.1 Å². The van der Waals surface area contributed by atoms with Crippen LogP contribution < -0.4 is 14.4 Å². The SMILES string of the molecule is CCCCNC(=O)[C@H](Cc1ccccc1)N(Cc1ccc(F)cc1)C(=O)CN(c1ccccc1OCC)S(=O)(=O)c1ccc(Cl)cc1. The van der Waals surface area contributed by atoms with Crippen molar-refractivity contribution in [3.63, 3.8) is 0 Å². The van der Waals surface area contributed by atoms with Gasteiger partial charge in [-0.05, 0) is 73.0 Å². The molecule has 4 aromatic rings. The van der Waals surface area contributed by atoms with Crippen LogP contribution in [0.4, 0.5) is 10.1 Å². The predicted molar refractivity (Wildman–Crippen MR) is 182 cm³/mol. The molecule has 0 aliphatic rings. The second-order valence-electron chi connectivity index (χ2n) is 10.9. The molecule has 0 saturated carbocycles. The summed E-state index contributed by atoms with van der Waals surface area (Å²) in [6.07, 6.45) is 1.78. The van der Waals surface area contributed by atoms with Crippen LogP contribution in [0.25, 0.3) is 0 Å². The van der Waals surface area contributed by atoms with Crippen molar-refractivity contribution in [3.8, 4) is 5.75 Å². The third-order valence-corrected chi connectivity index (χ3v) is 9.51. The summed E-state index contributed by atoms with van der Waals surface area (Å²) in [6, 6.07) is 26.1. The van der Waals surface area contributed by atoms with E-state index < -0.39 is 34.3 Å². The Bertz CT molecular complexity index is 1720. The molecule has 0 fully saturated rings. The summed E-state index contributed by atoms with van der Waals surface area (Å²) < 4.78 is 49.2. The zero-order chi connectivity index (χ0) is 33.8. The fourth-order valence-electron chi connectivity index (χ4n) is 5.03. The van der Waals surface area contributed by atoms with Crippen molar-refractivity contribution in [2.45, 2.75) is 50.6 Å². The lowest BCUT2D eigenvalue weighted by atomic mass is 10.0. The van der Waals surface area contributed by atoms with Crippen molar-refractivity contribution >= 4 is 39.1 Å². The molecule has 0 aliphatic heterocycles. The summed E-state index contributed by atoms with van der Waals surface area (Å²) in [4.78, 5) is 29.7. The third kappa shape index (κ3) is 9.56. The molecule has 0 radical (unpaired) electrons. The van der Waals surface area contributed by atoms with E-state index in [4.69, 9.17) is 16.3 Å². The van der Waals surface area contributed by atoms with E-state index in [1.807, 2.05) is 37.3 Å². The number of carbonyl (C=O) groups excluding carboxylic acids is 2. The molecule has 1 atom stereocenters. The monoisotopic (exact) mass is 679 g/mol. The molecule has 0 saturated heterocycles. The molecule has 248 valence electrons. The van der Waals surface area contributed by atoms with E-state index in [0.29, 0.717) is 17.1 Å². The van der Waals surface area contributed by atoms with Gasteiger partial charge in [0.25, 0.3) is 10.0 Å². The standard InChI is InChI=1S/C36H39ClFN3O5S/c1-3-5-23-39-36(43)33(24-27-11-7-6-8-12-27)40(25-28-15-19-30(38)20-16-28)35(42)26-41(32-13-9-10-14-34(32)46-4-2)47(44,45)31-21-17-29(37)18-22-31/h6-22,33H,3-5,23-26H2,1-2H3,(H,39,43)/t33-/m0/s1. The first-order valence-corrected chi connectivity index (χ1v) is 17.3. The Kier molecular flexibility index (Phi) is 12.8. The van der Waals surface area contributed by atoms with Gasteiger partial charge in [0.2, 0.25) is 11.8 Å². The smallest absolute Gasteiger partial charge is 0.264 e. The molecule has 0 spiro atoms. The number of para-hydroxylation sites is 2. The molecule has 47 heavy (non-hydrogen) atoms. The van der Waals surface area contributed by atoms with Crippen LogP contribution in [0, 0.1) is 5.82 Å². The topological polar surface area (TPSA) is 96.0 Å². The number of unbranched alkanes of at least 4 members (excludes halogenated alkanes) is 1. The van der Waals surface area contributed by atoms with Gasteiger partial charge in [0.05, 0.1) is 17.2 Å². The van der Waals surface area contributed by atoms with E-state index in [2.05, 4.69) is 5.32 Å². The normalized spacial score (nSPS) is 11.8. The number of carbonyl (C=O) groups is 2. The highest BCUT2D eigenvalue weighted by atomic mass is 35.5. The summed E-state index contributed by atoms with van der Waals surface area (Å²) in [6.45, 7) is 3.73. The Morgan fingerprint density at radius 3 is 2.19 bits per heavy atom. The van der Waals surface area contributed by atoms with E-state index in [1.165, 1.54) is 53.4 Å². The molecule has 11 heteroatoms. The lowest BCUT2D eigenvalue weighted by Crippen LogP contribution is -2.53. The number of nitrogens with zero attached hydrogens (tertiary/aromatic N) is 2. The van der Waals surface area contributed by atoms with Crippen LogP contribution in [0.1, 0.15) is 37.8 Å². The number of nitrogens with one attached hydrogen (secondary N) is 1. The Labute approximate surface area is 281 Å². The molecule has 2 amide bonds. The molecule has 0 bridgehead atoms. The number of hydrogen-bond donors (Lipinski definition) is 1. The highest BCUT2D eigenvalue weighted by Gasteiger charge is 2.35. The van der Waals surface area contributed by atoms with Crippen molar-refractivity contribution in [2.75, 3.05) is 24.0 Å². The fourth-order valence-corrected chi connectivity index (χ4v) is 6.59. The van der Waals surface area contributed by atoms with Gasteiger partial charge >= 0.3 is 0 Å². The van der Waals surface area contributed by atoms with Crippen LogP contribution in [0.2, 0.25) is 5.02 Å². The first-order chi connectivity index (χ1) is 22.6.